The molecule has 1 amide bonds. The summed E-state index contributed by atoms with van der Waals surface area (Å²) in [5.41, 5.74) is 0.602. The summed E-state index contributed by atoms with van der Waals surface area (Å²) in [4.78, 5) is 17.1. The minimum Gasteiger partial charge on any atom is -0.495 e. The second-order valence-electron chi connectivity index (χ2n) is 7.99. The molecule has 1 N–H and O–H groups in total. The summed E-state index contributed by atoms with van der Waals surface area (Å²) in [6.07, 6.45) is 2.62. The highest BCUT2D eigenvalue weighted by molar-refractivity contribution is 7.92. The first-order valence-electron chi connectivity index (χ1n) is 10.3. The first kappa shape index (κ1) is 21.9. The molecule has 1 aliphatic heterocycles. The van der Waals surface area contributed by atoms with Gasteiger partial charge in [-0.1, -0.05) is 23.7 Å². The largest absolute Gasteiger partial charge is 0.495 e. The first-order valence-corrected chi connectivity index (χ1v) is 12.2. The second-order valence-corrected chi connectivity index (χ2v) is 10.0. The van der Waals surface area contributed by atoms with Gasteiger partial charge in [0.2, 0.25) is 0 Å². The molecule has 1 saturated carbocycles. The Morgan fingerprint density at radius 1 is 1.13 bits per heavy atom. The summed E-state index contributed by atoms with van der Waals surface area (Å²) in [6, 6.07) is 11.1. The monoisotopic (exact) mass is 463 g/mol. The number of carbonyl (C=O) groups excluding carboxylic acids is 1. The van der Waals surface area contributed by atoms with Gasteiger partial charge >= 0.3 is 0 Å². The third-order valence-corrected chi connectivity index (χ3v) is 7.54. The smallest absolute Gasteiger partial charge is 0.263 e. The van der Waals surface area contributed by atoms with Gasteiger partial charge in [0.25, 0.3) is 15.9 Å². The van der Waals surface area contributed by atoms with Crippen LogP contribution < -0.4 is 9.46 Å². The highest BCUT2D eigenvalue weighted by Gasteiger charge is 2.29. The molecule has 0 radical (unpaired) electrons. The zero-order valence-electron chi connectivity index (χ0n) is 17.4. The van der Waals surface area contributed by atoms with E-state index in [1.54, 1.807) is 35.2 Å². The lowest BCUT2D eigenvalue weighted by Gasteiger charge is -2.34. The minimum absolute atomic E-state index is 0.0493. The van der Waals surface area contributed by atoms with Crippen LogP contribution in [0.2, 0.25) is 5.02 Å². The molecule has 166 valence electrons. The summed E-state index contributed by atoms with van der Waals surface area (Å²) < 4.78 is 33.7. The third kappa shape index (κ3) is 5.14. The molecular formula is C22H26ClN3O4S. The fraction of sp³-hybridized carbons (Fsp3) is 0.409. The normalized spacial score (nSPS) is 17.4. The van der Waals surface area contributed by atoms with Crippen molar-refractivity contribution in [2.75, 3.05) is 44.6 Å². The molecule has 0 bridgehead atoms. The van der Waals surface area contributed by atoms with Crippen LogP contribution in [0.3, 0.4) is 0 Å². The Morgan fingerprint density at radius 3 is 2.52 bits per heavy atom. The van der Waals surface area contributed by atoms with Gasteiger partial charge in [0, 0.05) is 38.3 Å². The molecule has 2 aromatic rings. The molecule has 9 heteroatoms. The Kier molecular flexibility index (Phi) is 6.41. The predicted molar refractivity (Wildman–Crippen MR) is 120 cm³/mol. The van der Waals surface area contributed by atoms with Crippen molar-refractivity contribution in [3.8, 4) is 5.75 Å². The van der Waals surface area contributed by atoms with Crippen molar-refractivity contribution in [1.29, 1.82) is 0 Å². The number of sulfonamides is 1. The average Bonchev–Trinajstić information content (AvgIpc) is 3.58. The third-order valence-electron chi connectivity index (χ3n) is 5.69. The summed E-state index contributed by atoms with van der Waals surface area (Å²) in [5.74, 6) is 1.02. The van der Waals surface area contributed by atoms with Crippen molar-refractivity contribution in [3.63, 3.8) is 0 Å². The number of nitrogens with one attached hydrogen (secondary N) is 1. The van der Waals surface area contributed by atoms with E-state index in [4.69, 9.17) is 16.3 Å². The lowest BCUT2D eigenvalue weighted by atomic mass is 10.1. The van der Waals surface area contributed by atoms with Gasteiger partial charge in [0.15, 0.2) is 0 Å². The number of para-hydroxylation sites is 2. The number of methoxy groups -OCH3 is 1. The minimum atomic E-state index is -4.02. The molecule has 0 unspecified atom stereocenters. The zero-order valence-corrected chi connectivity index (χ0v) is 19.0. The number of carbonyl (C=O) groups is 1. The molecule has 0 spiro atoms. The van der Waals surface area contributed by atoms with E-state index in [1.807, 2.05) is 0 Å². The Bertz CT molecular complexity index is 1060. The molecular weight excluding hydrogens is 438 g/mol. The van der Waals surface area contributed by atoms with Crippen molar-refractivity contribution >= 4 is 33.2 Å². The quantitative estimate of drug-likeness (QED) is 0.681. The summed E-state index contributed by atoms with van der Waals surface area (Å²) >= 11 is 6.20. The average molecular weight is 464 g/mol. The fourth-order valence-electron chi connectivity index (χ4n) is 3.75. The number of piperazine rings is 1. The van der Waals surface area contributed by atoms with Crippen LogP contribution in [-0.2, 0) is 10.0 Å². The van der Waals surface area contributed by atoms with Crippen molar-refractivity contribution in [2.24, 2.45) is 5.92 Å². The molecule has 1 heterocycles. The van der Waals surface area contributed by atoms with Crippen LogP contribution in [0, 0.1) is 5.92 Å². The summed E-state index contributed by atoms with van der Waals surface area (Å²) in [6.45, 7) is 4.07. The molecule has 1 saturated heterocycles. The molecule has 7 nitrogen and oxygen atoms in total. The van der Waals surface area contributed by atoms with E-state index >= 15 is 0 Å². The number of hydrogen-bond donors (Lipinski definition) is 1. The van der Waals surface area contributed by atoms with Gasteiger partial charge in [0.1, 0.15) is 10.6 Å². The maximum atomic E-state index is 13.0. The van der Waals surface area contributed by atoms with Crippen LogP contribution in [-0.4, -0.2) is 64.0 Å². The molecule has 2 aromatic carbocycles. The highest BCUT2D eigenvalue weighted by Crippen LogP contribution is 2.31. The van der Waals surface area contributed by atoms with Crippen molar-refractivity contribution < 1.29 is 17.9 Å². The molecule has 2 aliphatic rings. The standard InChI is InChI=1S/C22H26ClN3O4S/c1-30-20-5-3-2-4-19(20)24-31(28,29)21-14-17(8-9-18(21)23)22(27)26-12-10-25(11-13-26)15-16-6-7-16/h2-5,8-9,14,16,24H,6-7,10-13,15H2,1H3. The molecule has 0 atom stereocenters. The van der Waals surface area contributed by atoms with E-state index in [0.29, 0.717) is 30.1 Å². The first-order chi connectivity index (χ1) is 14.9. The SMILES string of the molecule is COc1ccccc1NS(=O)(=O)c1cc(C(=O)N2CCN(CC3CC3)CC2)ccc1Cl. The topological polar surface area (TPSA) is 78.9 Å². The Balaban J connectivity index is 1.50. The second kappa shape index (κ2) is 9.06. The Morgan fingerprint density at radius 2 is 1.84 bits per heavy atom. The van der Waals surface area contributed by atoms with Crippen LogP contribution in [0.25, 0.3) is 0 Å². The number of nitrogens with zero attached hydrogens (tertiary/aromatic N) is 2. The van der Waals surface area contributed by atoms with Gasteiger partial charge < -0.3 is 9.64 Å². The van der Waals surface area contributed by atoms with E-state index in [9.17, 15) is 13.2 Å². The molecule has 2 fully saturated rings. The number of halogens is 1. The van der Waals surface area contributed by atoms with Crippen LogP contribution in [0.1, 0.15) is 23.2 Å². The van der Waals surface area contributed by atoms with Gasteiger partial charge in [-0.25, -0.2) is 8.42 Å². The van der Waals surface area contributed by atoms with Gasteiger partial charge in [-0.2, -0.15) is 0 Å². The van der Waals surface area contributed by atoms with Crippen molar-refractivity contribution in [3.05, 3.63) is 53.1 Å². The number of amides is 1. The lowest BCUT2D eigenvalue weighted by molar-refractivity contribution is 0.0632. The number of ether oxygens (including phenoxy) is 1. The van der Waals surface area contributed by atoms with Crippen LogP contribution in [0.5, 0.6) is 5.75 Å². The maximum absolute atomic E-state index is 13.0. The van der Waals surface area contributed by atoms with Gasteiger partial charge in [-0.15, -0.1) is 0 Å². The van der Waals surface area contributed by atoms with E-state index < -0.39 is 10.0 Å². The van der Waals surface area contributed by atoms with E-state index in [-0.39, 0.29) is 15.8 Å². The summed E-state index contributed by atoms with van der Waals surface area (Å²) in [7, 11) is -2.56. The number of benzene rings is 2. The molecule has 1 aliphatic carbocycles. The van der Waals surface area contributed by atoms with Crippen molar-refractivity contribution in [1.82, 2.24) is 9.80 Å². The van der Waals surface area contributed by atoms with E-state index in [2.05, 4.69) is 9.62 Å². The summed E-state index contributed by atoms with van der Waals surface area (Å²) in [5, 5.41) is 0.0493. The molecule has 0 aromatic heterocycles. The maximum Gasteiger partial charge on any atom is 0.263 e. The van der Waals surface area contributed by atoms with E-state index in [0.717, 1.165) is 25.6 Å². The Labute approximate surface area is 188 Å². The highest BCUT2D eigenvalue weighted by atomic mass is 35.5. The van der Waals surface area contributed by atoms with Crippen LogP contribution in [0.4, 0.5) is 5.69 Å². The van der Waals surface area contributed by atoms with Gasteiger partial charge in [0.05, 0.1) is 17.8 Å². The van der Waals surface area contributed by atoms with Crippen LogP contribution in [0.15, 0.2) is 47.4 Å². The van der Waals surface area contributed by atoms with Crippen LogP contribution >= 0.6 is 11.6 Å². The zero-order chi connectivity index (χ0) is 22.0. The van der Waals surface area contributed by atoms with E-state index in [1.165, 1.54) is 32.1 Å². The molecule has 4 rings (SSSR count). The Hall–Kier alpha value is -2.29. The van der Waals surface area contributed by atoms with Gasteiger partial charge in [-0.3, -0.25) is 14.4 Å². The number of rotatable bonds is 7. The molecule has 31 heavy (non-hydrogen) atoms. The lowest BCUT2D eigenvalue weighted by Crippen LogP contribution is -2.49. The predicted octanol–water partition coefficient (Wildman–Crippen LogP) is 3.32. The fourth-order valence-corrected chi connectivity index (χ4v) is 5.35. The van der Waals surface area contributed by atoms with Gasteiger partial charge in [-0.05, 0) is 49.1 Å². The van der Waals surface area contributed by atoms with Crippen molar-refractivity contribution in [2.45, 2.75) is 17.7 Å². The number of anilines is 1. The number of hydrogen-bond acceptors (Lipinski definition) is 5.